The van der Waals surface area contributed by atoms with Gasteiger partial charge in [0.15, 0.2) is 0 Å². The lowest BCUT2D eigenvalue weighted by Crippen LogP contribution is -2.72. The SMILES string of the molecule is CC(C)(C)OC(=O)C(Cc1ccccc1)N1C(=O)CC(C)(O)C1(C(=O)OC(C)(C)C)C(=O)OC(C)(C)C. The van der Waals surface area contributed by atoms with E-state index in [1.807, 2.05) is 0 Å². The first-order valence-corrected chi connectivity index (χ1v) is 12.4. The Hall–Kier alpha value is -2.94. The molecule has 2 atom stereocenters. The summed E-state index contributed by atoms with van der Waals surface area (Å²) in [6.07, 6.45) is -0.690. The zero-order chi connectivity index (χ0) is 28.6. The normalized spacial score (nSPS) is 20.8. The molecule has 0 radical (unpaired) electrons. The monoisotopic (exact) mass is 519 g/mol. The molecule has 37 heavy (non-hydrogen) atoms. The fourth-order valence-corrected chi connectivity index (χ4v) is 4.27. The number of rotatable bonds is 6. The second-order valence-electron chi connectivity index (χ2n) is 12.7. The van der Waals surface area contributed by atoms with Gasteiger partial charge >= 0.3 is 17.9 Å². The summed E-state index contributed by atoms with van der Waals surface area (Å²) in [6.45, 7) is 15.8. The summed E-state index contributed by atoms with van der Waals surface area (Å²) >= 11 is 0. The molecule has 2 unspecified atom stereocenters. The number of nitrogens with zero attached hydrogens (tertiary/aromatic N) is 1. The van der Waals surface area contributed by atoms with Gasteiger partial charge in [0, 0.05) is 6.42 Å². The van der Waals surface area contributed by atoms with Crippen molar-refractivity contribution in [3.8, 4) is 0 Å². The Kier molecular flexibility index (Phi) is 8.25. The zero-order valence-electron chi connectivity index (χ0n) is 23.6. The van der Waals surface area contributed by atoms with Crippen LogP contribution in [0.1, 0.15) is 81.2 Å². The number of amides is 1. The molecule has 9 nitrogen and oxygen atoms in total. The van der Waals surface area contributed by atoms with Crippen molar-refractivity contribution >= 4 is 23.8 Å². The Morgan fingerprint density at radius 1 is 0.865 bits per heavy atom. The number of hydrogen-bond donors (Lipinski definition) is 1. The topological polar surface area (TPSA) is 119 Å². The van der Waals surface area contributed by atoms with Crippen LogP contribution in [0.25, 0.3) is 0 Å². The largest absolute Gasteiger partial charge is 0.458 e. The Bertz CT molecular complexity index is 997. The van der Waals surface area contributed by atoms with Crippen LogP contribution in [0.5, 0.6) is 0 Å². The third kappa shape index (κ3) is 6.89. The van der Waals surface area contributed by atoms with Gasteiger partial charge in [-0.3, -0.25) is 4.79 Å². The standard InChI is InChI=1S/C28H41NO8/c1-24(2,3)35-21(31)19(16-18-14-12-11-13-15-18)29-20(30)17-27(10,34)28(29,22(32)36-25(4,5)6)23(33)37-26(7,8)9/h11-15,19,34H,16-17H2,1-10H3. The van der Waals surface area contributed by atoms with Crippen LogP contribution in [0.15, 0.2) is 30.3 Å². The molecule has 206 valence electrons. The van der Waals surface area contributed by atoms with Crippen molar-refractivity contribution < 1.29 is 38.5 Å². The fourth-order valence-electron chi connectivity index (χ4n) is 4.27. The summed E-state index contributed by atoms with van der Waals surface area (Å²) in [5, 5.41) is 11.6. The van der Waals surface area contributed by atoms with Gasteiger partial charge in [0.05, 0.1) is 6.42 Å². The summed E-state index contributed by atoms with van der Waals surface area (Å²) in [6, 6.07) is 7.38. The molecule has 1 heterocycles. The van der Waals surface area contributed by atoms with Gasteiger partial charge in [-0.1, -0.05) is 30.3 Å². The van der Waals surface area contributed by atoms with Gasteiger partial charge in [-0.2, -0.15) is 0 Å². The number of carbonyl (C=O) groups is 4. The minimum absolute atomic E-state index is 0.0785. The van der Waals surface area contributed by atoms with E-state index in [9.17, 15) is 24.3 Å². The molecule has 1 aliphatic heterocycles. The highest BCUT2D eigenvalue weighted by Crippen LogP contribution is 2.45. The Morgan fingerprint density at radius 2 is 1.30 bits per heavy atom. The minimum Gasteiger partial charge on any atom is -0.458 e. The molecular formula is C28H41NO8. The first-order valence-electron chi connectivity index (χ1n) is 12.4. The van der Waals surface area contributed by atoms with Gasteiger partial charge in [0.2, 0.25) is 5.91 Å². The van der Waals surface area contributed by atoms with Crippen LogP contribution in [0.3, 0.4) is 0 Å². The van der Waals surface area contributed by atoms with Crippen molar-refractivity contribution in [2.24, 2.45) is 0 Å². The number of carbonyl (C=O) groups excluding carboxylic acids is 4. The maximum atomic E-state index is 13.9. The number of likely N-dealkylation sites (tertiary alicyclic amines) is 1. The second-order valence-corrected chi connectivity index (χ2v) is 12.7. The van der Waals surface area contributed by atoms with Crippen LogP contribution in [0.2, 0.25) is 0 Å². The molecule has 1 fully saturated rings. The minimum atomic E-state index is -2.67. The van der Waals surface area contributed by atoms with Crippen LogP contribution in [0.4, 0.5) is 0 Å². The van der Waals surface area contributed by atoms with E-state index < -0.39 is 64.2 Å². The average molecular weight is 520 g/mol. The van der Waals surface area contributed by atoms with Crippen molar-refractivity contribution in [2.45, 2.75) is 116 Å². The molecule has 1 N–H and O–H groups in total. The molecule has 0 spiro atoms. The van der Waals surface area contributed by atoms with E-state index in [1.54, 1.807) is 92.6 Å². The van der Waals surface area contributed by atoms with Gasteiger partial charge in [0.25, 0.3) is 5.54 Å². The Morgan fingerprint density at radius 3 is 1.70 bits per heavy atom. The number of aliphatic hydroxyl groups is 1. The van der Waals surface area contributed by atoms with Crippen molar-refractivity contribution in [1.29, 1.82) is 0 Å². The summed E-state index contributed by atoms with van der Waals surface area (Å²) in [5.74, 6) is -3.99. The van der Waals surface area contributed by atoms with Gasteiger partial charge < -0.3 is 24.2 Å². The maximum absolute atomic E-state index is 13.9. The highest BCUT2D eigenvalue weighted by atomic mass is 16.6. The van der Waals surface area contributed by atoms with Crippen LogP contribution >= 0.6 is 0 Å². The zero-order valence-corrected chi connectivity index (χ0v) is 23.6. The van der Waals surface area contributed by atoms with Crippen molar-refractivity contribution in [1.82, 2.24) is 4.90 Å². The molecule has 1 aromatic carbocycles. The maximum Gasteiger partial charge on any atom is 0.347 e. The molecule has 1 aromatic rings. The van der Waals surface area contributed by atoms with E-state index in [0.29, 0.717) is 5.56 Å². The van der Waals surface area contributed by atoms with Crippen LogP contribution in [0, 0.1) is 0 Å². The van der Waals surface area contributed by atoms with Crippen LogP contribution < -0.4 is 0 Å². The Labute approximate surface area is 219 Å². The van der Waals surface area contributed by atoms with E-state index in [0.717, 1.165) is 4.90 Å². The molecule has 2 rings (SSSR count). The quantitative estimate of drug-likeness (QED) is 0.345. The first-order chi connectivity index (χ1) is 16.6. The summed E-state index contributed by atoms with van der Waals surface area (Å²) < 4.78 is 16.9. The van der Waals surface area contributed by atoms with Crippen molar-refractivity contribution in [3.63, 3.8) is 0 Å². The summed E-state index contributed by atoms with van der Waals surface area (Å²) in [4.78, 5) is 55.9. The predicted molar refractivity (Wildman–Crippen MR) is 136 cm³/mol. The van der Waals surface area contributed by atoms with Gasteiger partial charge in [0.1, 0.15) is 28.4 Å². The lowest BCUT2D eigenvalue weighted by atomic mass is 9.80. The van der Waals surface area contributed by atoms with E-state index in [4.69, 9.17) is 14.2 Å². The second kappa shape index (κ2) is 10.1. The molecule has 9 heteroatoms. The van der Waals surface area contributed by atoms with Crippen LogP contribution in [-0.4, -0.2) is 67.8 Å². The molecule has 1 saturated heterocycles. The fraction of sp³-hybridized carbons (Fsp3) is 0.643. The van der Waals surface area contributed by atoms with E-state index >= 15 is 0 Å². The van der Waals surface area contributed by atoms with E-state index in [-0.39, 0.29) is 6.42 Å². The van der Waals surface area contributed by atoms with Crippen LogP contribution in [-0.2, 0) is 39.8 Å². The van der Waals surface area contributed by atoms with E-state index in [1.165, 1.54) is 6.92 Å². The molecule has 1 amide bonds. The molecule has 0 saturated carbocycles. The van der Waals surface area contributed by atoms with Crippen molar-refractivity contribution in [3.05, 3.63) is 35.9 Å². The van der Waals surface area contributed by atoms with Gasteiger partial charge in [-0.25, -0.2) is 14.4 Å². The molecule has 1 aliphatic rings. The molecule has 0 aliphatic carbocycles. The third-order valence-electron chi connectivity index (χ3n) is 5.56. The first kappa shape index (κ1) is 30.3. The molecule has 0 aromatic heterocycles. The van der Waals surface area contributed by atoms with Gasteiger partial charge in [-0.15, -0.1) is 0 Å². The number of ether oxygens (including phenoxy) is 3. The predicted octanol–water partition coefficient (Wildman–Crippen LogP) is 3.34. The highest BCUT2D eigenvalue weighted by Gasteiger charge is 2.74. The summed E-state index contributed by atoms with van der Waals surface area (Å²) in [7, 11) is 0. The number of esters is 3. The van der Waals surface area contributed by atoms with E-state index in [2.05, 4.69) is 0 Å². The number of benzene rings is 1. The Balaban J connectivity index is 2.84. The highest BCUT2D eigenvalue weighted by molar-refractivity contribution is 6.13. The number of hydrogen-bond acceptors (Lipinski definition) is 8. The average Bonchev–Trinajstić information content (AvgIpc) is 2.88. The lowest BCUT2D eigenvalue weighted by molar-refractivity contribution is -0.204. The smallest absolute Gasteiger partial charge is 0.347 e. The molecule has 0 bridgehead atoms. The molecular weight excluding hydrogens is 478 g/mol. The van der Waals surface area contributed by atoms with Crippen molar-refractivity contribution in [2.75, 3.05) is 0 Å². The summed E-state index contributed by atoms with van der Waals surface area (Å²) in [5.41, 5.74) is -7.37. The van der Waals surface area contributed by atoms with Gasteiger partial charge in [-0.05, 0) is 74.8 Å². The lowest BCUT2D eigenvalue weighted by Gasteiger charge is -2.45. The third-order valence-corrected chi connectivity index (χ3v) is 5.56.